The first kappa shape index (κ1) is 14.3. The number of para-hydroxylation sites is 1. The van der Waals surface area contributed by atoms with Gasteiger partial charge in [-0.3, -0.25) is 0 Å². The molecule has 19 heavy (non-hydrogen) atoms. The Balaban J connectivity index is 2.06. The zero-order valence-corrected chi connectivity index (χ0v) is 11.9. The minimum atomic E-state index is -0.182. The van der Waals surface area contributed by atoms with Gasteiger partial charge in [-0.25, -0.2) is 4.39 Å². The van der Waals surface area contributed by atoms with E-state index in [0.29, 0.717) is 5.69 Å². The van der Waals surface area contributed by atoms with Crippen molar-refractivity contribution < 1.29 is 4.39 Å². The van der Waals surface area contributed by atoms with Gasteiger partial charge in [-0.1, -0.05) is 12.1 Å². The molecular formula is C15H24FN3. The second-order valence-corrected chi connectivity index (χ2v) is 5.44. The van der Waals surface area contributed by atoms with Gasteiger partial charge in [0.25, 0.3) is 0 Å². The van der Waals surface area contributed by atoms with Crippen molar-refractivity contribution >= 4 is 5.69 Å². The van der Waals surface area contributed by atoms with Gasteiger partial charge < -0.3 is 15.5 Å². The summed E-state index contributed by atoms with van der Waals surface area (Å²) in [6.45, 7) is 6.06. The van der Waals surface area contributed by atoms with Crippen LogP contribution in [0.4, 0.5) is 10.1 Å². The van der Waals surface area contributed by atoms with Crippen LogP contribution in [0.2, 0.25) is 0 Å². The average Bonchev–Trinajstić information content (AvgIpc) is 2.88. The second-order valence-electron chi connectivity index (χ2n) is 5.44. The van der Waals surface area contributed by atoms with E-state index in [4.69, 9.17) is 5.73 Å². The highest BCUT2D eigenvalue weighted by Crippen LogP contribution is 2.27. The van der Waals surface area contributed by atoms with E-state index in [1.807, 2.05) is 24.9 Å². The molecule has 1 saturated heterocycles. The molecule has 4 heteroatoms. The number of benzene rings is 1. The molecule has 1 aliphatic heterocycles. The van der Waals surface area contributed by atoms with Gasteiger partial charge in [0.1, 0.15) is 5.82 Å². The van der Waals surface area contributed by atoms with E-state index < -0.39 is 0 Å². The fourth-order valence-corrected chi connectivity index (χ4v) is 2.71. The summed E-state index contributed by atoms with van der Waals surface area (Å²) in [7, 11) is 1.94. The van der Waals surface area contributed by atoms with Crippen LogP contribution in [-0.2, 0) is 0 Å². The Morgan fingerprint density at radius 1 is 1.37 bits per heavy atom. The lowest BCUT2D eigenvalue weighted by Crippen LogP contribution is -2.32. The van der Waals surface area contributed by atoms with Crippen LogP contribution in [0.5, 0.6) is 0 Å². The number of hydrogen-bond acceptors (Lipinski definition) is 3. The number of anilines is 1. The molecule has 1 aromatic carbocycles. The third kappa shape index (κ3) is 3.45. The Bertz CT molecular complexity index is 414. The van der Waals surface area contributed by atoms with Crippen molar-refractivity contribution in [2.75, 3.05) is 38.1 Å². The van der Waals surface area contributed by atoms with Crippen molar-refractivity contribution in [2.24, 2.45) is 5.73 Å². The van der Waals surface area contributed by atoms with Crippen LogP contribution in [0.3, 0.4) is 0 Å². The number of likely N-dealkylation sites (N-methyl/N-ethyl adjacent to an activating group) is 1. The monoisotopic (exact) mass is 265 g/mol. The molecule has 0 saturated carbocycles. The van der Waals surface area contributed by atoms with Crippen molar-refractivity contribution in [1.29, 1.82) is 0 Å². The van der Waals surface area contributed by atoms with Crippen molar-refractivity contribution in [2.45, 2.75) is 25.8 Å². The summed E-state index contributed by atoms with van der Waals surface area (Å²) in [6, 6.07) is 4.99. The molecule has 0 radical (unpaired) electrons. The van der Waals surface area contributed by atoms with Crippen LogP contribution in [0.1, 0.15) is 31.4 Å². The molecule has 1 aliphatic rings. The highest BCUT2D eigenvalue weighted by molar-refractivity contribution is 5.55. The van der Waals surface area contributed by atoms with Crippen LogP contribution in [0.15, 0.2) is 18.2 Å². The summed E-state index contributed by atoms with van der Waals surface area (Å²) in [5, 5.41) is 0. The quantitative estimate of drug-likeness (QED) is 0.887. The predicted molar refractivity (Wildman–Crippen MR) is 77.9 cm³/mol. The Morgan fingerprint density at radius 3 is 2.68 bits per heavy atom. The third-order valence-corrected chi connectivity index (χ3v) is 3.84. The molecule has 1 fully saturated rings. The molecule has 1 heterocycles. The Morgan fingerprint density at radius 2 is 2.05 bits per heavy atom. The molecule has 2 N–H and O–H groups in total. The van der Waals surface area contributed by atoms with E-state index >= 15 is 0 Å². The lowest BCUT2D eigenvalue weighted by Gasteiger charge is -2.26. The first-order valence-corrected chi connectivity index (χ1v) is 7.07. The number of likely N-dealkylation sites (tertiary alicyclic amines) is 1. The maximum Gasteiger partial charge on any atom is 0.146 e. The highest BCUT2D eigenvalue weighted by atomic mass is 19.1. The molecule has 0 aliphatic carbocycles. The van der Waals surface area contributed by atoms with Crippen LogP contribution in [0.25, 0.3) is 0 Å². The van der Waals surface area contributed by atoms with Gasteiger partial charge >= 0.3 is 0 Å². The van der Waals surface area contributed by atoms with Gasteiger partial charge in [0, 0.05) is 26.2 Å². The third-order valence-electron chi connectivity index (χ3n) is 3.84. The lowest BCUT2D eigenvalue weighted by atomic mass is 10.1. The van der Waals surface area contributed by atoms with Crippen molar-refractivity contribution in [3.05, 3.63) is 29.6 Å². The van der Waals surface area contributed by atoms with E-state index in [-0.39, 0.29) is 11.9 Å². The molecule has 2 rings (SSSR count). The molecule has 0 amide bonds. The minimum Gasteiger partial charge on any atom is -0.371 e. The summed E-state index contributed by atoms with van der Waals surface area (Å²) in [5.41, 5.74) is 7.46. The maximum atomic E-state index is 14.1. The zero-order valence-electron chi connectivity index (χ0n) is 11.9. The second kappa shape index (κ2) is 6.35. The first-order valence-electron chi connectivity index (χ1n) is 7.07. The fraction of sp³-hybridized carbons (Fsp3) is 0.600. The topological polar surface area (TPSA) is 32.5 Å². The fourth-order valence-electron chi connectivity index (χ4n) is 2.71. The van der Waals surface area contributed by atoms with Crippen molar-refractivity contribution in [1.82, 2.24) is 4.90 Å². The Kier molecular flexibility index (Phi) is 4.77. The Hall–Kier alpha value is -1.13. The van der Waals surface area contributed by atoms with Crippen LogP contribution < -0.4 is 10.6 Å². The highest BCUT2D eigenvalue weighted by Gasteiger charge is 2.17. The van der Waals surface area contributed by atoms with Crippen LogP contribution >= 0.6 is 0 Å². The molecule has 106 valence electrons. The van der Waals surface area contributed by atoms with E-state index in [2.05, 4.69) is 4.90 Å². The van der Waals surface area contributed by atoms with Gasteiger partial charge in [0.05, 0.1) is 5.69 Å². The summed E-state index contributed by atoms with van der Waals surface area (Å²) in [6.07, 6.45) is 2.57. The molecule has 1 atom stereocenters. The number of nitrogens with two attached hydrogens (primary N) is 1. The summed E-state index contributed by atoms with van der Waals surface area (Å²) in [5.74, 6) is -0.182. The van der Waals surface area contributed by atoms with Gasteiger partial charge in [-0.2, -0.15) is 0 Å². The van der Waals surface area contributed by atoms with Crippen LogP contribution in [0, 0.1) is 5.82 Å². The molecule has 1 unspecified atom stereocenters. The van der Waals surface area contributed by atoms with Crippen molar-refractivity contribution in [3.63, 3.8) is 0 Å². The van der Waals surface area contributed by atoms with Gasteiger partial charge in [-0.15, -0.1) is 0 Å². The molecular weight excluding hydrogens is 241 g/mol. The van der Waals surface area contributed by atoms with E-state index in [9.17, 15) is 4.39 Å². The molecule has 0 spiro atoms. The zero-order chi connectivity index (χ0) is 13.8. The first-order chi connectivity index (χ1) is 9.09. The summed E-state index contributed by atoms with van der Waals surface area (Å²) in [4.78, 5) is 4.43. The number of hydrogen-bond donors (Lipinski definition) is 1. The molecule has 3 nitrogen and oxygen atoms in total. The van der Waals surface area contributed by atoms with E-state index in [1.165, 1.54) is 32.0 Å². The van der Waals surface area contributed by atoms with E-state index in [1.54, 1.807) is 6.07 Å². The summed E-state index contributed by atoms with van der Waals surface area (Å²) >= 11 is 0. The number of rotatable bonds is 5. The van der Waals surface area contributed by atoms with Crippen molar-refractivity contribution in [3.8, 4) is 0 Å². The summed E-state index contributed by atoms with van der Waals surface area (Å²) < 4.78 is 14.1. The van der Waals surface area contributed by atoms with Crippen LogP contribution in [-0.4, -0.2) is 38.1 Å². The molecule has 0 bridgehead atoms. The average molecular weight is 265 g/mol. The SMILES string of the molecule is CC(N)c1cccc(F)c1N(C)CCN1CCCC1. The van der Waals surface area contributed by atoms with Gasteiger partial charge in [0.2, 0.25) is 0 Å². The normalized spacial score (nSPS) is 17.7. The molecule has 0 aromatic heterocycles. The minimum absolute atomic E-state index is 0.153. The van der Waals surface area contributed by atoms with E-state index in [0.717, 1.165) is 18.7 Å². The largest absolute Gasteiger partial charge is 0.371 e. The number of halogens is 1. The smallest absolute Gasteiger partial charge is 0.146 e. The maximum absolute atomic E-state index is 14.1. The van der Waals surface area contributed by atoms with Gasteiger partial charge in [-0.05, 0) is 44.5 Å². The van der Waals surface area contributed by atoms with Gasteiger partial charge in [0.15, 0.2) is 0 Å². The Labute approximate surface area is 115 Å². The predicted octanol–water partition coefficient (Wildman–Crippen LogP) is 2.38. The lowest BCUT2D eigenvalue weighted by molar-refractivity contribution is 0.346. The number of nitrogens with zero attached hydrogens (tertiary/aromatic N) is 2. The molecule has 1 aromatic rings. The standard InChI is InChI=1S/C15H24FN3/c1-12(17)13-6-5-7-14(16)15(13)18(2)10-11-19-8-3-4-9-19/h5-7,12H,3-4,8-11,17H2,1-2H3.